The minimum atomic E-state index is -0.139. The van der Waals surface area contributed by atoms with Crippen LogP contribution in [0.5, 0.6) is 0 Å². The van der Waals surface area contributed by atoms with E-state index in [-0.39, 0.29) is 29.7 Å². The Labute approximate surface area is 148 Å². The van der Waals surface area contributed by atoms with Gasteiger partial charge >= 0.3 is 0 Å². The second-order valence-electron chi connectivity index (χ2n) is 7.40. The number of carbonyl (C=O) groups is 2. The average molecular weight is 339 g/mol. The van der Waals surface area contributed by atoms with Crippen LogP contribution in [0, 0.1) is 11.8 Å². The maximum absolute atomic E-state index is 12.8. The number of allylic oxidation sites excluding steroid dienone is 2. The Morgan fingerprint density at radius 3 is 2.24 bits per heavy atom. The van der Waals surface area contributed by atoms with Crippen LogP contribution in [0.1, 0.15) is 24.4 Å². The summed E-state index contributed by atoms with van der Waals surface area (Å²) in [6.07, 6.45) is 5.49. The van der Waals surface area contributed by atoms with Gasteiger partial charge in [-0.2, -0.15) is 0 Å². The number of hydrogen-bond acceptors (Lipinski definition) is 4. The Hall–Kier alpha value is -1.98. The van der Waals surface area contributed by atoms with Crippen molar-refractivity contribution in [3.05, 3.63) is 48.0 Å². The maximum Gasteiger partial charge on any atom is 0.234 e. The summed E-state index contributed by atoms with van der Waals surface area (Å²) in [6, 6.07) is 10.6. The van der Waals surface area contributed by atoms with Crippen molar-refractivity contribution < 1.29 is 9.59 Å². The molecule has 5 nitrogen and oxygen atoms in total. The molecule has 3 aliphatic rings. The van der Waals surface area contributed by atoms with Crippen molar-refractivity contribution in [3.63, 3.8) is 0 Å². The summed E-state index contributed by atoms with van der Waals surface area (Å²) in [4.78, 5) is 31.6. The first-order valence-corrected chi connectivity index (χ1v) is 9.13. The van der Waals surface area contributed by atoms with E-state index in [1.54, 1.807) is 0 Å². The van der Waals surface area contributed by atoms with Crippen molar-refractivity contribution >= 4 is 11.8 Å². The molecule has 0 N–H and O–H groups in total. The molecule has 2 saturated heterocycles. The van der Waals surface area contributed by atoms with Crippen LogP contribution in [-0.2, 0) is 9.59 Å². The quantitative estimate of drug-likeness (QED) is 0.623. The molecule has 2 aliphatic heterocycles. The molecular weight excluding hydrogens is 314 g/mol. The fraction of sp³-hybridized carbons (Fsp3) is 0.500. The first-order chi connectivity index (χ1) is 12.1. The highest BCUT2D eigenvalue weighted by Gasteiger charge is 2.48. The van der Waals surface area contributed by atoms with Crippen molar-refractivity contribution in [3.8, 4) is 0 Å². The third-order valence-electron chi connectivity index (χ3n) is 5.80. The van der Waals surface area contributed by atoms with Crippen LogP contribution in [0.2, 0.25) is 0 Å². The number of rotatable bonds is 3. The molecule has 2 amide bonds. The largest absolute Gasteiger partial charge is 0.303 e. The number of fused-ring (bicyclic) bond motifs is 1. The van der Waals surface area contributed by atoms with Crippen LogP contribution in [-0.4, -0.2) is 59.9 Å². The molecule has 2 heterocycles. The number of piperazine rings is 1. The van der Waals surface area contributed by atoms with Gasteiger partial charge in [0.2, 0.25) is 11.8 Å². The van der Waals surface area contributed by atoms with Crippen LogP contribution < -0.4 is 0 Å². The molecule has 0 aromatic heterocycles. The van der Waals surface area contributed by atoms with E-state index in [0.717, 1.165) is 19.6 Å². The van der Waals surface area contributed by atoms with Gasteiger partial charge in [-0.25, -0.2) is 0 Å². The SMILES string of the molecule is CN1CCN(CN2C(=O)C3CC=CCC3C2=O)C(c2ccccc2)C1. The van der Waals surface area contributed by atoms with Gasteiger partial charge in [-0.3, -0.25) is 19.4 Å². The van der Waals surface area contributed by atoms with E-state index >= 15 is 0 Å². The standard InChI is InChI=1S/C20H25N3O2/c1-21-11-12-22(18(13-21)15-7-3-2-4-8-15)14-23-19(24)16-9-5-6-10-17(16)20(23)25/h2-8,16-18H,9-14H2,1H3. The molecule has 132 valence electrons. The zero-order valence-corrected chi connectivity index (χ0v) is 14.7. The van der Waals surface area contributed by atoms with Gasteiger partial charge < -0.3 is 4.90 Å². The first kappa shape index (κ1) is 16.5. The number of hydrogen-bond donors (Lipinski definition) is 0. The highest BCUT2D eigenvalue weighted by atomic mass is 16.2. The summed E-state index contributed by atoms with van der Waals surface area (Å²) in [5.41, 5.74) is 1.24. The molecule has 5 heteroatoms. The lowest BCUT2D eigenvalue weighted by Gasteiger charge is -2.41. The van der Waals surface area contributed by atoms with E-state index in [1.165, 1.54) is 10.5 Å². The van der Waals surface area contributed by atoms with E-state index in [1.807, 2.05) is 18.2 Å². The molecule has 25 heavy (non-hydrogen) atoms. The fourth-order valence-electron chi connectivity index (χ4n) is 4.31. The van der Waals surface area contributed by atoms with Gasteiger partial charge in [-0.15, -0.1) is 0 Å². The normalized spacial score (nSPS) is 30.8. The Kier molecular flexibility index (Phi) is 4.44. The van der Waals surface area contributed by atoms with Crippen molar-refractivity contribution in [1.29, 1.82) is 0 Å². The van der Waals surface area contributed by atoms with Gasteiger partial charge in [0, 0.05) is 25.7 Å². The van der Waals surface area contributed by atoms with E-state index in [4.69, 9.17) is 0 Å². The highest BCUT2D eigenvalue weighted by molar-refractivity contribution is 6.05. The van der Waals surface area contributed by atoms with E-state index in [9.17, 15) is 9.59 Å². The number of carbonyl (C=O) groups excluding carboxylic acids is 2. The van der Waals surface area contributed by atoms with Crippen LogP contribution in [0.25, 0.3) is 0 Å². The monoisotopic (exact) mass is 339 g/mol. The van der Waals surface area contributed by atoms with Gasteiger partial charge in [0.25, 0.3) is 0 Å². The summed E-state index contributed by atoms with van der Waals surface area (Å²) >= 11 is 0. The molecule has 0 saturated carbocycles. The van der Waals surface area contributed by atoms with Crippen LogP contribution in [0.15, 0.2) is 42.5 Å². The zero-order chi connectivity index (χ0) is 17.4. The first-order valence-electron chi connectivity index (χ1n) is 9.13. The van der Waals surface area contributed by atoms with Crippen LogP contribution in [0.3, 0.4) is 0 Å². The van der Waals surface area contributed by atoms with Crippen molar-refractivity contribution in [2.75, 3.05) is 33.4 Å². The molecular formula is C20H25N3O2. The Morgan fingerprint density at radius 2 is 1.60 bits per heavy atom. The number of imide groups is 1. The average Bonchev–Trinajstić information content (AvgIpc) is 2.89. The lowest BCUT2D eigenvalue weighted by molar-refractivity contribution is -0.143. The van der Waals surface area contributed by atoms with Crippen molar-refractivity contribution in [1.82, 2.24) is 14.7 Å². The van der Waals surface area contributed by atoms with Gasteiger partial charge in [0.05, 0.1) is 18.5 Å². The maximum atomic E-state index is 12.8. The molecule has 1 aromatic carbocycles. The summed E-state index contributed by atoms with van der Waals surface area (Å²) < 4.78 is 0. The predicted octanol–water partition coefficient (Wildman–Crippen LogP) is 1.88. The number of nitrogens with zero attached hydrogens (tertiary/aromatic N) is 3. The molecule has 1 aliphatic carbocycles. The Morgan fingerprint density at radius 1 is 0.960 bits per heavy atom. The van der Waals surface area contributed by atoms with E-state index in [0.29, 0.717) is 19.5 Å². The number of amides is 2. The second kappa shape index (κ2) is 6.73. The fourth-order valence-corrected chi connectivity index (χ4v) is 4.31. The minimum Gasteiger partial charge on any atom is -0.303 e. The van der Waals surface area contributed by atoms with Crippen LogP contribution >= 0.6 is 0 Å². The summed E-state index contributed by atoms with van der Waals surface area (Å²) in [5, 5.41) is 0. The number of benzene rings is 1. The molecule has 4 rings (SSSR count). The Bertz CT molecular complexity index is 661. The Balaban J connectivity index is 1.54. The predicted molar refractivity (Wildman–Crippen MR) is 95.5 cm³/mol. The summed E-state index contributed by atoms with van der Waals surface area (Å²) in [7, 11) is 2.12. The smallest absolute Gasteiger partial charge is 0.234 e. The molecule has 0 radical (unpaired) electrons. The molecule has 0 bridgehead atoms. The number of likely N-dealkylation sites (tertiary alicyclic amines) is 1. The van der Waals surface area contributed by atoms with Gasteiger partial charge in [0.1, 0.15) is 0 Å². The highest BCUT2D eigenvalue weighted by Crippen LogP contribution is 2.36. The topological polar surface area (TPSA) is 43.9 Å². The van der Waals surface area contributed by atoms with Crippen LogP contribution in [0.4, 0.5) is 0 Å². The molecule has 0 spiro atoms. The third-order valence-corrected chi connectivity index (χ3v) is 5.80. The van der Waals surface area contributed by atoms with Crippen molar-refractivity contribution in [2.24, 2.45) is 11.8 Å². The second-order valence-corrected chi connectivity index (χ2v) is 7.40. The van der Waals surface area contributed by atoms with Crippen molar-refractivity contribution in [2.45, 2.75) is 18.9 Å². The van der Waals surface area contributed by atoms with E-state index in [2.05, 4.69) is 41.1 Å². The molecule has 2 fully saturated rings. The number of likely N-dealkylation sites (N-methyl/N-ethyl adjacent to an activating group) is 1. The lowest BCUT2D eigenvalue weighted by Crippen LogP contribution is -2.51. The lowest BCUT2D eigenvalue weighted by atomic mass is 9.85. The molecule has 1 aromatic rings. The summed E-state index contributed by atoms with van der Waals surface area (Å²) in [6.45, 7) is 3.14. The van der Waals surface area contributed by atoms with Gasteiger partial charge in [-0.05, 0) is 25.5 Å². The molecule has 3 unspecified atom stereocenters. The minimum absolute atomic E-state index is 0.0186. The van der Waals surface area contributed by atoms with E-state index < -0.39 is 0 Å². The van der Waals surface area contributed by atoms with Gasteiger partial charge in [0.15, 0.2) is 0 Å². The third kappa shape index (κ3) is 3.02. The summed E-state index contributed by atoms with van der Waals surface area (Å²) in [5.74, 6) is -0.240. The zero-order valence-electron chi connectivity index (χ0n) is 14.7. The van der Waals surface area contributed by atoms with Gasteiger partial charge in [-0.1, -0.05) is 42.5 Å². The molecule has 3 atom stereocenters.